The molecule has 0 aliphatic carbocycles. The maximum absolute atomic E-state index is 13.1. The third-order valence-corrected chi connectivity index (χ3v) is 6.60. The SMILES string of the molecule is COc1cc2c(OC)c3c(c(-c4cc5c(cc4OCc4ccccc4)OCO5)c2cc1OC)C(=O)OC3. The number of carbonyl (C=O) groups excluding carboxylic acids is 1. The van der Waals surface area contributed by atoms with Gasteiger partial charge < -0.3 is 33.2 Å². The molecule has 37 heavy (non-hydrogen) atoms. The fourth-order valence-corrected chi connectivity index (χ4v) is 4.89. The third kappa shape index (κ3) is 3.72. The lowest BCUT2D eigenvalue weighted by Crippen LogP contribution is -2.04. The van der Waals surface area contributed by atoms with Crippen LogP contribution in [0.15, 0.2) is 54.6 Å². The Balaban J connectivity index is 1.65. The van der Waals surface area contributed by atoms with Crippen LogP contribution in [0.25, 0.3) is 21.9 Å². The lowest BCUT2D eigenvalue weighted by molar-refractivity contribution is 0.0535. The van der Waals surface area contributed by atoms with Gasteiger partial charge in [-0.2, -0.15) is 0 Å². The first-order valence-corrected chi connectivity index (χ1v) is 11.7. The highest BCUT2D eigenvalue weighted by atomic mass is 16.7. The number of hydrogen-bond donors (Lipinski definition) is 0. The highest BCUT2D eigenvalue weighted by Crippen LogP contribution is 2.51. The first kappa shape index (κ1) is 22.8. The van der Waals surface area contributed by atoms with Crippen LogP contribution in [0.1, 0.15) is 21.5 Å². The Hall–Kier alpha value is -4.59. The van der Waals surface area contributed by atoms with Crippen LogP contribution in [0.5, 0.6) is 34.5 Å². The Kier molecular flexibility index (Phi) is 5.64. The van der Waals surface area contributed by atoms with Crippen LogP contribution in [-0.4, -0.2) is 34.1 Å². The normalized spacial score (nSPS) is 13.3. The molecule has 0 atom stereocenters. The van der Waals surface area contributed by atoms with E-state index >= 15 is 0 Å². The summed E-state index contributed by atoms with van der Waals surface area (Å²) in [5, 5.41) is 1.47. The van der Waals surface area contributed by atoms with Gasteiger partial charge in [-0.05, 0) is 29.1 Å². The van der Waals surface area contributed by atoms with Crippen LogP contribution in [0.3, 0.4) is 0 Å². The van der Waals surface area contributed by atoms with Crippen LogP contribution in [-0.2, 0) is 18.0 Å². The van der Waals surface area contributed by atoms with Crippen LogP contribution in [0.2, 0.25) is 0 Å². The average Bonchev–Trinajstić information content (AvgIpc) is 3.56. The largest absolute Gasteiger partial charge is 0.496 e. The molecule has 0 saturated heterocycles. The summed E-state index contributed by atoms with van der Waals surface area (Å²) in [6.07, 6.45) is 0. The number of hydrogen-bond acceptors (Lipinski definition) is 8. The zero-order valence-corrected chi connectivity index (χ0v) is 20.6. The maximum Gasteiger partial charge on any atom is 0.339 e. The quantitative estimate of drug-likeness (QED) is 0.307. The van der Waals surface area contributed by atoms with Crippen molar-refractivity contribution in [2.75, 3.05) is 28.1 Å². The number of benzene rings is 4. The molecule has 0 spiro atoms. The second-order valence-corrected chi connectivity index (χ2v) is 8.57. The van der Waals surface area contributed by atoms with Gasteiger partial charge in [0.1, 0.15) is 24.7 Å². The Morgan fingerprint density at radius 1 is 0.757 bits per heavy atom. The summed E-state index contributed by atoms with van der Waals surface area (Å²) in [5.74, 6) is 2.83. The molecule has 4 aromatic rings. The summed E-state index contributed by atoms with van der Waals surface area (Å²) in [6.45, 7) is 0.524. The summed E-state index contributed by atoms with van der Waals surface area (Å²) in [5.41, 5.74) is 3.38. The third-order valence-electron chi connectivity index (χ3n) is 6.60. The Labute approximate surface area is 213 Å². The maximum atomic E-state index is 13.1. The average molecular weight is 501 g/mol. The van der Waals surface area contributed by atoms with Gasteiger partial charge in [0.05, 0.1) is 26.9 Å². The molecule has 6 rings (SSSR count). The summed E-state index contributed by atoms with van der Waals surface area (Å²) in [4.78, 5) is 13.1. The predicted molar refractivity (Wildman–Crippen MR) is 135 cm³/mol. The molecule has 188 valence electrons. The number of ether oxygens (including phenoxy) is 7. The molecule has 0 saturated carbocycles. The molecule has 0 bridgehead atoms. The van der Waals surface area contributed by atoms with Crippen molar-refractivity contribution in [3.05, 3.63) is 71.3 Å². The van der Waals surface area contributed by atoms with Gasteiger partial charge in [-0.1, -0.05) is 30.3 Å². The lowest BCUT2D eigenvalue weighted by atomic mass is 9.88. The van der Waals surface area contributed by atoms with Crippen molar-refractivity contribution in [1.29, 1.82) is 0 Å². The van der Waals surface area contributed by atoms with E-state index in [1.54, 1.807) is 27.4 Å². The second kappa shape index (κ2) is 9.13. The van der Waals surface area contributed by atoms with E-state index in [2.05, 4.69) is 0 Å². The number of fused-ring (bicyclic) bond motifs is 3. The smallest absolute Gasteiger partial charge is 0.339 e. The summed E-state index contributed by atoms with van der Waals surface area (Å²) in [6, 6.07) is 17.2. The predicted octanol–water partition coefficient (Wildman–Crippen LogP) is 5.51. The molecule has 0 radical (unpaired) electrons. The van der Waals surface area contributed by atoms with Crippen molar-refractivity contribution in [3.63, 3.8) is 0 Å². The molecular weight excluding hydrogens is 476 g/mol. The first-order valence-electron chi connectivity index (χ1n) is 11.7. The van der Waals surface area contributed by atoms with E-state index in [1.807, 2.05) is 48.5 Å². The van der Waals surface area contributed by atoms with Crippen molar-refractivity contribution in [1.82, 2.24) is 0 Å². The van der Waals surface area contributed by atoms with E-state index in [1.165, 1.54) is 0 Å². The molecule has 0 unspecified atom stereocenters. The lowest BCUT2D eigenvalue weighted by Gasteiger charge is -2.20. The van der Waals surface area contributed by atoms with Crippen LogP contribution in [0.4, 0.5) is 0 Å². The molecule has 2 heterocycles. The topological polar surface area (TPSA) is 81.7 Å². The number of esters is 1. The summed E-state index contributed by atoms with van der Waals surface area (Å²) >= 11 is 0. The minimum absolute atomic E-state index is 0.0966. The molecular formula is C29H24O8. The van der Waals surface area contributed by atoms with E-state index in [-0.39, 0.29) is 13.4 Å². The van der Waals surface area contributed by atoms with E-state index in [0.717, 1.165) is 16.3 Å². The van der Waals surface area contributed by atoms with Gasteiger partial charge in [-0.15, -0.1) is 0 Å². The van der Waals surface area contributed by atoms with Gasteiger partial charge in [0.15, 0.2) is 23.0 Å². The van der Waals surface area contributed by atoms with Crippen LogP contribution >= 0.6 is 0 Å². The standard InChI is InChI=1S/C29H24O8/c1-31-22-9-17-18(10-23(22)32-2)28(33-3)20-14-35-29(30)27(20)26(17)19-11-24-25(37-15-36-24)12-21(19)34-13-16-7-5-4-6-8-16/h4-12H,13-15H2,1-3H3. The molecule has 8 nitrogen and oxygen atoms in total. The number of rotatable bonds is 7. The summed E-state index contributed by atoms with van der Waals surface area (Å²) < 4.78 is 40.1. The number of carbonyl (C=O) groups is 1. The van der Waals surface area contributed by atoms with Gasteiger partial charge in [0, 0.05) is 28.1 Å². The van der Waals surface area contributed by atoms with Crippen molar-refractivity contribution in [2.45, 2.75) is 13.2 Å². The Bertz CT molecular complexity index is 1530. The number of methoxy groups -OCH3 is 3. The van der Waals surface area contributed by atoms with Crippen molar-refractivity contribution < 1.29 is 38.0 Å². The van der Waals surface area contributed by atoms with Gasteiger partial charge in [0.2, 0.25) is 6.79 Å². The van der Waals surface area contributed by atoms with Crippen molar-refractivity contribution in [3.8, 4) is 45.6 Å². The van der Waals surface area contributed by atoms with Gasteiger partial charge >= 0.3 is 5.97 Å². The minimum atomic E-state index is -0.438. The highest BCUT2D eigenvalue weighted by molar-refractivity contribution is 6.14. The van der Waals surface area contributed by atoms with Gasteiger partial charge in [-0.25, -0.2) is 4.79 Å². The Morgan fingerprint density at radius 2 is 1.46 bits per heavy atom. The molecule has 8 heteroatoms. The molecule has 0 aromatic heterocycles. The molecule has 4 aromatic carbocycles. The van der Waals surface area contributed by atoms with E-state index in [9.17, 15) is 4.79 Å². The molecule has 0 amide bonds. The second-order valence-electron chi connectivity index (χ2n) is 8.57. The van der Waals surface area contributed by atoms with Crippen molar-refractivity contribution in [2.24, 2.45) is 0 Å². The Morgan fingerprint density at radius 3 is 2.16 bits per heavy atom. The molecule has 2 aliphatic rings. The van der Waals surface area contributed by atoms with E-state index < -0.39 is 5.97 Å². The zero-order valence-electron chi connectivity index (χ0n) is 20.6. The van der Waals surface area contributed by atoms with E-state index in [0.29, 0.717) is 63.4 Å². The fourth-order valence-electron chi connectivity index (χ4n) is 4.89. The number of cyclic esters (lactones) is 1. The van der Waals surface area contributed by atoms with Crippen LogP contribution < -0.4 is 28.4 Å². The van der Waals surface area contributed by atoms with Crippen molar-refractivity contribution >= 4 is 16.7 Å². The monoisotopic (exact) mass is 500 g/mol. The molecule has 2 aliphatic heterocycles. The summed E-state index contributed by atoms with van der Waals surface area (Å²) in [7, 11) is 4.71. The van der Waals surface area contributed by atoms with Crippen LogP contribution in [0, 0.1) is 0 Å². The van der Waals surface area contributed by atoms with Gasteiger partial charge in [0.25, 0.3) is 0 Å². The zero-order chi connectivity index (χ0) is 25.5. The molecule has 0 fully saturated rings. The van der Waals surface area contributed by atoms with E-state index in [4.69, 9.17) is 33.2 Å². The first-order chi connectivity index (χ1) is 18.1. The van der Waals surface area contributed by atoms with Gasteiger partial charge in [-0.3, -0.25) is 0 Å². The molecule has 0 N–H and O–H groups in total. The fraction of sp³-hybridized carbons (Fsp3) is 0.207. The highest BCUT2D eigenvalue weighted by Gasteiger charge is 2.34. The minimum Gasteiger partial charge on any atom is -0.496 e.